The van der Waals surface area contributed by atoms with E-state index in [1.54, 1.807) is 0 Å². The number of ketones is 1. The zero-order chi connectivity index (χ0) is 23.8. The van der Waals surface area contributed by atoms with Gasteiger partial charge in [-0.15, -0.1) is 0 Å². The first kappa shape index (κ1) is 21.9. The molecule has 0 aromatic heterocycles. The predicted octanol–water partition coefficient (Wildman–Crippen LogP) is 5.81. The zero-order valence-corrected chi connectivity index (χ0v) is 20.1. The van der Waals surface area contributed by atoms with Gasteiger partial charge in [0.15, 0.2) is 5.78 Å². The van der Waals surface area contributed by atoms with Crippen LogP contribution in [0.25, 0.3) is 0 Å². The van der Waals surface area contributed by atoms with Crippen LogP contribution in [0.15, 0.2) is 84.1 Å². The number of carbonyl (C=O) groups is 1. The lowest BCUT2D eigenvalue weighted by molar-refractivity contribution is -0.116. The predicted molar refractivity (Wildman–Crippen MR) is 141 cm³/mol. The molecule has 5 nitrogen and oxygen atoms in total. The number of para-hydroxylation sites is 2. The van der Waals surface area contributed by atoms with Crippen molar-refractivity contribution in [1.82, 2.24) is 0 Å². The van der Waals surface area contributed by atoms with Crippen LogP contribution in [0.5, 0.6) is 0 Å². The molecule has 35 heavy (non-hydrogen) atoms. The molecule has 0 saturated carbocycles. The largest absolute Gasteiger partial charge is 0.378 e. The second-order valence-corrected chi connectivity index (χ2v) is 9.77. The molecule has 0 amide bonds. The molecule has 0 spiro atoms. The number of rotatable bonds is 3. The highest BCUT2D eigenvalue weighted by molar-refractivity contribution is 6.01. The van der Waals surface area contributed by atoms with Gasteiger partial charge in [-0.1, -0.05) is 54.1 Å². The second-order valence-electron chi connectivity index (χ2n) is 9.77. The highest BCUT2D eigenvalue weighted by atomic mass is 16.5. The van der Waals surface area contributed by atoms with Crippen LogP contribution in [-0.2, 0) is 9.53 Å². The molecule has 2 aliphatic heterocycles. The van der Waals surface area contributed by atoms with E-state index in [0.29, 0.717) is 6.42 Å². The minimum absolute atomic E-state index is 0.184. The minimum Gasteiger partial charge on any atom is -0.378 e. The van der Waals surface area contributed by atoms with Crippen molar-refractivity contribution in [3.63, 3.8) is 0 Å². The summed E-state index contributed by atoms with van der Waals surface area (Å²) in [6.07, 6.45) is 1.35. The number of aryl methyl sites for hydroxylation is 1. The fourth-order valence-corrected chi connectivity index (χ4v) is 5.52. The van der Waals surface area contributed by atoms with Gasteiger partial charge in [0, 0.05) is 36.5 Å². The Kier molecular flexibility index (Phi) is 5.78. The van der Waals surface area contributed by atoms with Crippen LogP contribution in [0, 0.1) is 6.92 Å². The van der Waals surface area contributed by atoms with Gasteiger partial charge in [-0.3, -0.25) is 4.79 Å². The molecule has 1 fully saturated rings. The van der Waals surface area contributed by atoms with Gasteiger partial charge in [0.1, 0.15) is 0 Å². The molecule has 1 aliphatic carbocycles. The lowest BCUT2D eigenvalue weighted by Gasteiger charge is -2.31. The third-order valence-corrected chi connectivity index (χ3v) is 7.46. The van der Waals surface area contributed by atoms with Gasteiger partial charge in [0.05, 0.1) is 30.6 Å². The molecular weight excluding hydrogens is 434 g/mol. The number of morpholine rings is 1. The number of hydrogen-bond donors (Lipinski definition) is 2. The topological polar surface area (TPSA) is 53.6 Å². The molecule has 2 N–H and O–H groups in total. The monoisotopic (exact) mass is 465 g/mol. The lowest BCUT2D eigenvalue weighted by atomic mass is 9.78. The summed E-state index contributed by atoms with van der Waals surface area (Å²) < 4.78 is 5.50. The number of carbonyl (C=O) groups excluding carboxylic acids is 1. The van der Waals surface area contributed by atoms with Crippen molar-refractivity contribution >= 4 is 22.8 Å². The molecule has 3 aromatic rings. The Balaban J connectivity index is 1.37. The molecule has 6 rings (SSSR count). The van der Waals surface area contributed by atoms with E-state index in [2.05, 4.69) is 83.1 Å². The first-order chi connectivity index (χ1) is 17.2. The molecule has 5 heteroatoms. The average Bonchev–Trinajstić information content (AvgIpc) is 3.07. The Labute approximate surface area is 206 Å². The summed E-state index contributed by atoms with van der Waals surface area (Å²) in [5, 5.41) is 7.33. The number of fused-ring (bicyclic) bond motifs is 1. The molecular formula is C30H31N3O2. The van der Waals surface area contributed by atoms with Gasteiger partial charge in [-0.25, -0.2) is 0 Å². The van der Waals surface area contributed by atoms with Gasteiger partial charge in [0.25, 0.3) is 0 Å². The summed E-state index contributed by atoms with van der Waals surface area (Å²) in [4.78, 5) is 16.1. The Morgan fingerprint density at radius 3 is 2.26 bits per heavy atom. The van der Waals surface area contributed by atoms with E-state index in [0.717, 1.165) is 60.9 Å². The molecule has 3 aromatic carbocycles. The van der Waals surface area contributed by atoms with Crippen LogP contribution >= 0.6 is 0 Å². The number of nitrogens with one attached hydrogen (secondary N) is 2. The number of nitrogens with zero attached hydrogens (tertiary/aromatic N) is 1. The lowest BCUT2D eigenvalue weighted by Crippen LogP contribution is -2.36. The van der Waals surface area contributed by atoms with E-state index >= 15 is 0 Å². The first-order valence-corrected chi connectivity index (χ1v) is 12.5. The van der Waals surface area contributed by atoms with Gasteiger partial charge in [-0.05, 0) is 54.7 Å². The van der Waals surface area contributed by atoms with Crippen LogP contribution < -0.4 is 15.5 Å². The summed E-state index contributed by atoms with van der Waals surface area (Å²) in [6, 6.07) is 25.3. The van der Waals surface area contributed by atoms with Crippen molar-refractivity contribution in [2.24, 2.45) is 0 Å². The van der Waals surface area contributed by atoms with Crippen LogP contribution in [0.4, 0.5) is 17.1 Å². The van der Waals surface area contributed by atoms with Gasteiger partial charge in [0.2, 0.25) is 0 Å². The summed E-state index contributed by atoms with van der Waals surface area (Å²) in [7, 11) is 0. The SMILES string of the molecule is Cc1ccc(C2CC(=O)C3=C(C2)Nc2ccccc2NC3c2ccc(N3CCOCC3)cc2)cc1. The molecule has 178 valence electrons. The molecule has 0 bridgehead atoms. The van der Waals surface area contributed by atoms with E-state index in [1.165, 1.54) is 16.8 Å². The average molecular weight is 466 g/mol. The van der Waals surface area contributed by atoms with Gasteiger partial charge >= 0.3 is 0 Å². The fourth-order valence-electron chi connectivity index (χ4n) is 5.52. The summed E-state index contributed by atoms with van der Waals surface area (Å²) >= 11 is 0. The molecule has 2 unspecified atom stereocenters. The molecule has 2 heterocycles. The maximum absolute atomic E-state index is 13.7. The number of anilines is 3. The molecule has 1 saturated heterocycles. The van der Waals surface area contributed by atoms with Crippen molar-refractivity contribution < 1.29 is 9.53 Å². The maximum Gasteiger partial charge on any atom is 0.163 e. The number of benzene rings is 3. The number of Topliss-reactive ketones (excluding diaryl/α,β-unsaturated/α-hetero) is 1. The van der Waals surface area contributed by atoms with E-state index in [9.17, 15) is 4.79 Å². The van der Waals surface area contributed by atoms with Crippen LogP contribution in [0.1, 0.15) is 41.5 Å². The Morgan fingerprint density at radius 1 is 0.829 bits per heavy atom. The summed E-state index contributed by atoms with van der Waals surface area (Å²) in [6.45, 7) is 5.45. The highest BCUT2D eigenvalue weighted by Crippen LogP contribution is 2.44. The third kappa shape index (κ3) is 4.32. The van der Waals surface area contributed by atoms with Crippen LogP contribution in [-0.4, -0.2) is 32.1 Å². The Bertz CT molecular complexity index is 1260. The Hall–Kier alpha value is -3.57. The molecule has 0 radical (unpaired) electrons. The van der Waals surface area contributed by atoms with Crippen molar-refractivity contribution in [2.45, 2.75) is 31.7 Å². The fraction of sp³-hybridized carbons (Fsp3) is 0.300. The maximum atomic E-state index is 13.7. The number of allylic oxidation sites excluding steroid dienone is 1. The van der Waals surface area contributed by atoms with Gasteiger partial charge < -0.3 is 20.3 Å². The highest BCUT2D eigenvalue weighted by Gasteiger charge is 2.36. The molecule has 3 aliphatic rings. The van der Waals surface area contributed by atoms with E-state index < -0.39 is 0 Å². The summed E-state index contributed by atoms with van der Waals surface area (Å²) in [5.74, 6) is 0.399. The van der Waals surface area contributed by atoms with Crippen LogP contribution in [0.2, 0.25) is 0 Å². The molecule has 2 atom stereocenters. The van der Waals surface area contributed by atoms with E-state index in [-0.39, 0.29) is 17.7 Å². The number of ether oxygens (including phenoxy) is 1. The third-order valence-electron chi connectivity index (χ3n) is 7.46. The van der Waals surface area contributed by atoms with Crippen molar-refractivity contribution in [3.8, 4) is 0 Å². The van der Waals surface area contributed by atoms with Gasteiger partial charge in [-0.2, -0.15) is 0 Å². The van der Waals surface area contributed by atoms with Crippen LogP contribution in [0.3, 0.4) is 0 Å². The second kappa shape index (κ2) is 9.23. The van der Waals surface area contributed by atoms with Crippen molar-refractivity contribution in [1.29, 1.82) is 0 Å². The van der Waals surface area contributed by atoms with Crippen molar-refractivity contribution in [3.05, 3.63) is 101 Å². The Morgan fingerprint density at radius 2 is 1.51 bits per heavy atom. The zero-order valence-electron chi connectivity index (χ0n) is 20.1. The first-order valence-electron chi connectivity index (χ1n) is 12.5. The quantitative estimate of drug-likeness (QED) is 0.511. The standard InChI is InChI=1S/C30H31N3O2/c1-20-6-8-21(9-7-20)23-18-27-29(28(34)19-23)30(32-26-5-3-2-4-25(26)31-27)22-10-12-24(13-11-22)33-14-16-35-17-15-33/h2-13,23,30-32H,14-19H2,1H3. The minimum atomic E-state index is -0.189. The number of hydrogen-bond acceptors (Lipinski definition) is 5. The summed E-state index contributed by atoms with van der Waals surface area (Å²) in [5.41, 5.74) is 8.71. The van der Waals surface area contributed by atoms with E-state index in [1.807, 2.05) is 12.1 Å². The smallest absolute Gasteiger partial charge is 0.163 e. The van der Waals surface area contributed by atoms with E-state index in [4.69, 9.17) is 4.74 Å². The normalized spacial score (nSPS) is 22.0. The van der Waals surface area contributed by atoms with Crippen molar-refractivity contribution in [2.75, 3.05) is 41.8 Å².